The Hall–Kier alpha value is -2.73. The number of aliphatic hydroxyl groups is 1. The third kappa shape index (κ3) is 3.13. The van der Waals surface area contributed by atoms with E-state index in [1.54, 1.807) is 16.9 Å². The summed E-state index contributed by atoms with van der Waals surface area (Å²) >= 11 is 0. The number of rotatable bonds is 4. The van der Waals surface area contributed by atoms with Gasteiger partial charge in [0.15, 0.2) is 0 Å². The molecule has 0 saturated heterocycles. The smallest absolute Gasteiger partial charge is 0.270 e. The monoisotopic (exact) mass is 336 g/mol. The first-order chi connectivity index (χ1) is 12.1. The molecule has 25 heavy (non-hydrogen) atoms. The zero-order valence-corrected chi connectivity index (χ0v) is 14.0. The van der Waals surface area contributed by atoms with Gasteiger partial charge in [-0.2, -0.15) is 5.10 Å². The second-order valence-electron chi connectivity index (χ2n) is 6.67. The molecule has 1 saturated carbocycles. The molecule has 1 aliphatic rings. The fourth-order valence-corrected chi connectivity index (χ4v) is 3.38. The molecule has 6 nitrogen and oxygen atoms in total. The molecule has 2 N–H and O–H groups in total. The lowest BCUT2D eigenvalue weighted by Crippen LogP contribution is -2.41. The first-order valence-corrected chi connectivity index (χ1v) is 8.43. The van der Waals surface area contributed by atoms with E-state index in [-0.39, 0.29) is 24.0 Å². The lowest BCUT2D eigenvalue weighted by atomic mass is 9.75. The fourth-order valence-electron chi connectivity index (χ4n) is 3.38. The maximum absolute atomic E-state index is 12.7. The van der Waals surface area contributed by atoms with Gasteiger partial charge in [-0.05, 0) is 30.9 Å². The van der Waals surface area contributed by atoms with Crippen LogP contribution in [0.3, 0.4) is 0 Å². The first-order valence-electron chi connectivity index (χ1n) is 8.43. The number of carbonyl (C=O) groups is 1. The number of aryl methyl sites for hydroxylation is 1. The van der Waals surface area contributed by atoms with Crippen LogP contribution in [-0.4, -0.2) is 31.9 Å². The van der Waals surface area contributed by atoms with E-state index in [2.05, 4.69) is 15.4 Å². The molecule has 0 radical (unpaired) electrons. The number of benzene rings is 1. The van der Waals surface area contributed by atoms with Crippen molar-refractivity contribution in [1.29, 1.82) is 0 Å². The molecular formula is C19H20N4O2. The van der Waals surface area contributed by atoms with Crippen LogP contribution >= 0.6 is 0 Å². The van der Waals surface area contributed by atoms with E-state index in [0.717, 1.165) is 16.5 Å². The van der Waals surface area contributed by atoms with E-state index >= 15 is 0 Å². The molecule has 2 aromatic heterocycles. The Morgan fingerprint density at radius 1 is 1.28 bits per heavy atom. The second kappa shape index (κ2) is 6.29. The molecule has 0 aliphatic heterocycles. The van der Waals surface area contributed by atoms with E-state index in [0.29, 0.717) is 18.5 Å². The van der Waals surface area contributed by atoms with Crippen LogP contribution in [0.2, 0.25) is 0 Å². The van der Waals surface area contributed by atoms with Crippen LogP contribution in [0.4, 0.5) is 0 Å². The standard InChI is InChI=1S/C19H20N4O2/c1-23-11-14(10-20-23)18(13-8-15(24)9-13)22-19(25)17-7-6-12-4-2-3-5-16(12)21-17/h2-7,10-11,13,15,18,24H,8-9H2,1H3,(H,22,25)/t13?,15?,18-/m0/s1. The van der Waals surface area contributed by atoms with Gasteiger partial charge in [-0.1, -0.05) is 24.3 Å². The van der Waals surface area contributed by atoms with Crippen molar-refractivity contribution in [3.05, 3.63) is 60.0 Å². The summed E-state index contributed by atoms with van der Waals surface area (Å²) in [5.41, 5.74) is 2.15. The topological polar surface area (TPSA) is 80.0 Å². The Kier molecular flexibility index (Phi) is 3.97. The minimum Gasteiger partial charge on any atom is -0.393 e. The molecule has 128 valence electrons. The number of hydrogen-bond donors (Lipinski definition) is 2. The summed E-state index contributed by atoms with van der Waals surface area (Å²) in [6, 6.07) is 11.2. The van der Waals surface area contributed by atoms with Crippen LogP contribution in [0.25, 0.3) is 10.9 Å². The van der Waals surface area contributed by atoms with E-state index in [1.807, 2.05) is 43.6 Å². The summed E-state index contributed by atoms with van der Waals surface area (Å²) in [6.07, 6.45) is 4.77. The Morgan fingerprint density at radius 3 is 2.80 bits per heavy atom. The van der Waals surface area contributed by atoms with Gasteiger partial charge in [-0.15, -0.1) is 0 Å². The van der Waals surface area contributed by atoms with Crippen molar-refractivity contribution in [3.8, 4) is 0 Å². The van der Waals surface area contributed by atoms with Gasteiger partial charge in [0.05, 0.1) is 23.9 Å². The molecule has 2 heterocycles. The van der Waals surface area contributed by atoms with Gasteiger partial charge in [0, 0.05) is 24.2 Å². The van der Waals surface area contributed by atoms with Crippen molar-refractivity contribution in [2.24, 2.45) is 13.0 Å². The van der Waals surface area contributed by atoms with E-state index in [4.69, 9.17) is 0 Å². The number of fused-ring (bicyclic) bond motifs is 1. The maximum atomic E-state index is 12.7. The number of amides is 1. The lowest BCUT2D eigenvalue weighted by molar-refractivity contribution is 0.0234. The first kappa shape index (κ1) is 15.8. The number of nitrogens with one attached hydrogen (secondary N) is 1. The van der Waals surface area contributed by atoms with Crippen molar-refractivity contribution in [3.63, 3.8) is 0 Å². The van der Waals surface area contributed by atoms with Gasteiger partial charge in [-0.3, -0.25) is 9.48 Å². The summed E-state index contributed by atoms with van der Waals surface area (Å²) in [6.45, 7) is 0. The van der Waals surface area contributed by atoms with Crippen molar-refractivity contribution < 1.29 is 9.90 Å². The quantitative estimate of drug-likeness (QED) is 0.765. The number of pyridine rings is 1. The molecule has 0 spiro atoms. The average Bonchev–Trinajstić information content (AvgIpc) is 3.03. The van der Waals surface area contributed by atoms with Crippen molar-refractivity contribution in [2.45, 2.75) is 25.0 Å². The average molecular weight is 336 g/mol. The van der Waals surface area contributed by atoms with E-state index in [1.165, 1.54) is 0 Å². The summed E-state index contributed by atoms with van der Waals surface area (Å²) in [7, 11) is 1.85. The molecule has 0 unspecified atom stereocenters. The molecule has 1 aliphatic carbocycles. The van der Waals surface area contributed by atoms with Crippen molar-refractivity contribution >= 4 is 16.8 Å². The van der Waals surface area contributed by atoms with Gasteiger partial charge in [0.2, 0.25) is 0 Å². The summed E-state index contributed by atoms with van der Waals surface area (Å²) in [4.78, 5) is 17.2. The molecule has 1 atom stereocenters. The molecule has 4 rings (SSSR count). The van der Waals surface area contributed by atoms with Gasteiger partial charge in [0.1, 0.15) is 5.69 Å². The molecule has 1 fully saturated rings. The van der Waals surface area contributed by atoms with E-state index < -0.39 is 0 Å². The highest BCUT2D eigenvalue weighted by atomic mass is 16.3. The highest BCUT2D eigenvalue weighted by molar-refractivity contribution is 5.95. The van der Waals surface area contributed by atoms with Crippen LogP contribution in [-0.2, 0) is 7.05 Å². The summed E-state index contributed by atoms with van der Waals surface area (Å²) in [5, 5.41) is 17.9. The Labute approximate surface area is 145 Å². The third-order valence-electron chi connectivity index (χ3n) is 4.82. The Bertz CT molecular complexity index is 914. The zero-order valence-electron chi connectivity index (χ0n) is 14.0. The van der Waals surface area contributed by atoms with Gasteiger partial charge >= 0.3 is 0 Å². The number of hydrogen-bond acceptors (Lipinski definition) is 4. The van der Waals surface area contributed by atoms with Gasteiger partial charge < -0.3 is 10.4 Å². The second-order valence-corrected chi connectivity index (χ2v) is 6.67. The van der Waals surface area contributed by atoms with E-state index in [9.17, 15) is 9.90 Å². The highest BCUT2D eigenvalue weighted by Gasteiger charge is 2.36. The molecular weight excluding hydrogens is 316 g/mol. The highest BCUT2D eigenvalue weighted by Crippen LogP contribution is 2.38. The lowest BCUT2D eigenvalue weighted by Gasteiger charge is -2.37. The van der Waals surface area contributed by atoms with Crippen molar-refractivity contribution in [2.75, 3.05) is 0 Å². The number of aliphatic hydroxyl groups excluding tert-OH is 1. The van der Waals surface area contributed by atoms with Crippen LogP contribution in [0.15, 0.2) is 48.8 Å². The number of carbonyl (C=O) groups excluding carboxylic acids is 1. The maximum Gasteiger partial charge on any atom is 0.270 e. The normalized spacial score (nSPS) is 20.9. The largest absolute Gasteiger partial charge is 0.393 e. The Morgan fingerprint density at radius 2 is 2.08 bits per heavy atom. The Balaban J connectivity index is 1.58. The minimum absolute atomic E-state index is 0.169. The molecule has 3 aromatic rings. The molecule has 1 amide bonds. The third-order valence-corrected chi connectivity index (χ3v) is 4.82. The SMILES string of the molecule is Cn1cc([C@@H](NC(=O)c2ccc3ccccc3n2)C2CC(O)C2)cn1. The van der Waals surface area contributed by atoms with Crippen LogP contribution < -0.4 is 5.32 Å². The zero-order chi connectivity index (χ0) is 17.4. The predicted molar refractivity (Wildman–Crippen MR) is 93.9 cm³/mol. The summed E-state index contributed by atoms with van der Waals surface area (Å²) in [5.74, 6) is 0.00426. The van der Waals surface area contributed by atoms with Crippen LogP contribution in [0.1, 0.15) is 34.9 Å². The number of nitrogens with zero attached hydrogens (tertiary/aromatic N) is 3. The molecule has 1 aromatic carbocycles. The number of para-hydroxylation sites is 1. The molecule has 0 bridgehead atoms. The van der Waals surface area contributed by atoms with Crippen LogP contribution in [0, 0.1) is 5.92 Å². The predicted octanol–water partition coefficient (Wildman–Crippen LogP) is 2.21. The minimum atomic E-state index is -0.278. The van der Waals surface area contributed by atoms with Crippen molar-refractivity contribution in [1.82, 2.24) is 20.1 Å². The van der Waals surface area contributed by atoms with Crippen LogP contribution in [0.5, 0.6) is 0 Å². The number of aromatic nitrogens is 3. The van der Waals surface area contributed by atoms with Gasteiger partial charge in [-0.25, -0.2) is 4.98 Å². The fraction of sp³-hybridized carbons (Fsp3) is 0.316. The summed E-state index contributed by atoms with van der Waals surface area (Å²) < 4.78 is 1.72. The molecule has 6 heteroatoms. The van der Waals surface area contributed by atoms with Gasteiger partial charge in [0.25, 0.3) is 5.91 Å².